The Morgan fingerprint density at radius 3 is 2.50 bits per heavy atom. The minimum absolute atomic E-state index is 0.0731. The van der Waals surface area contributed by atoms with E-state index in [0.717, 1.165) is 12.8 Å². The minimum Gasteiger partial charge on any atom is -0.479 e. The summed E-state index contributed by atoms with van der Waals surface area (Å²) in [6.45, 7) is 5.61. The van der Waals surface area contributed by atoms with Crippen LogP contribution in [-0.2, 0) is 9.59 Å². The van der Waals surface area contributed by atoms with E-state index in [4.69, 9.17) is 0 Å². The number of nitrogens with zero attached hydrogens (tertiary/aromatic N) is 1. The second kappa shape index (κ2) is 3.59. The third kappa shape index (κ3) is 1.38. The Kier molecular flexibility index (Phi) is 2.83. The maximum absolute atomic E-state index is 11.3. The van der Waals surface area contributed by atoms with E-state index < -0.39 is 11.5 Å². The molecular formula is C10H17NO3. The van der Waals surface area contributed by atoms with Gasteiger partial charge in [0.2, 0.25) is 5.91 Å². The lowest BCUT2D eigenvalue weighted by atomic mass is 9.84. The van der Waals surface area contributed by atoms with E-state index in [9.17, 15) is 14.7 Å². The summed E-state index contributed by atoms with van der Waals surface area (Å²) in [4.78, 5) is 24.0. The third-order valence-electron chi connectivity index (χ3n) is 3.36. The molecule has 0 aliphatic carbocycles. The molecule has 1 aliphatic heterocycles. The number of hydrogen-bond donors (Lipinski definition) is 1. The molecule has 14 heavy (non-hydrogen) atoms. The van der Waals surface area contributed by atoms with Gasteiger partial charge < -0.3 is 10.0 Å². The average molecular weight is 199 g/mol. The van der Waals surface area contributed by atoms with Crippen LogP contribution in [0.3, 0.4) is 0 Å². The number of carbonyl (C=O) groups excluding carboxylic acids is 1. The van der Waals surface area contributed by atoms with Gasteiger partial charge in [-0.25, -0.2) is 4.79 Å². The number of rotatable bonds is 2. The largest absolute Gasteiger partial charge is 0.479 e. The van der Waals surface area contributed by atoms with Crippen molar-refractivity contribution in [3.05, 3.63) is 0 Å². The van der Waals surface area contributed by atoms with Crippen LogP contribution in [0.15, 0.2) is 0 Å². The summed E-state index contributed by atoms with van der Waals surface area (Å²) < 4.78 is 0. The van der Waals surface area contributed by atoms with Crippen LogP contribution in [0.1, 0.15) is 33.6 Å². The summed E-state index contributed by atoms with van der Waals surface area (Å²) in [5.74, 6) is -0.966. The lowest BCUT2D eigenvalue weighted by molar-refractivity contribution is -0.157. The van der Waals surface area contributed by atoms with Crippen LogP contribution in [0.4, 0.5) is 0 Å². The molecule has 0 radical (unpaired) electrons. The predicted molar refractivity (Wildman–Crippen MR) is 51.8 cm³/mol. The molecule has 1 aliphatic rings. The second-order valence-electron chi connectivity index (χ2n) is 4.02. The Bertz CT molecular complexity index is 264. The van der Waals surface area contributed by atoms with E-state index in [0.29, 0.717) is 6.54 Å². The molecule has 0 saturated carbocycles. The monoisotopic (exact) mass is 199 g/mol. The van der Waals surface area contributed by atoms with Crippen molar-refractivity contribution in [1.82, 2.24) is 4.90 Å². The maximum Gasteiger partial charge on any atom is 0.329 e. The highest BCUT2D eigenvalue weighted by atomic mass is 16.4. The molecule has 0 aromatic rings. The fourth-order valence-electron chi connectivity index (χ4n) is 2.39. The summed E-state index contributed by atoms with van der Waals surface area (Å²) in [5, 5.41) is 9.20. The molecule has 1 heterocycles. The first-order chi connectivity index (χ1) is 6.44. The number of likely N-dealkylation sites (tertiary alicyclic amines) is 1. The molecule has 0 unspecified atom stereocenters. The van der Waals surface area contributed by atoms with Gasteiger partial charge in [0.15, 0.2) is 0 Å². The zero-order valence-corrected chi connectivity index (χ0v) is 8.91. The van der Waals surface area contributed by atoms with Gasteiger partial charge >= 0.3 is 5.97 Å². The highest BCUT2D eigenvalue weighted by Gasteiger charge is 2.51. The first-order valence-electron chi connectivity index (χ1n) is 4.96. The van der Waals surface area contributed by atoms with Gasteiger partial charge in [-0.2, -0.15) is 0 Å². The van der Waals surface area contributed by atoms with Crippen molar-refractivity contribution in [2.75, 3.05) is 6.54 Å². The molecule has 0 aromatic heterocycles. The Morgan fingerprint density at radius 2 is 2.14 bits per heavy atom. The van der Waals surface area contributed by atoms with E-state index in [1.165, 1.54) is 11.8 Å². The Hall–Kier alpha value is -1.06. The summed E-state index contributed by atoms with van der Waals surface area (Å²) in [5.41, 5.74) is -0.999. The number of hydrogen-bond acceptors (Lipinski definition) is 2. The van der Waals surface area contributed by atoms with E-state index in [1.54, 1.807) is 6.92 Å². The number of carboxylic acid groups (broad SMARTS) is 1. The zero-order valence-electron chi connectivity index (χ0n) is 8.91. The molecule has 1 saturated heterocycles. The molecule has 2 atom stereocenters. The Labute approximate surface area is 83.9 Å². The lowest BCUT2D eigenvalue weighted by Gasteiger charge is -2.34. The summed E-state index contributed by atoms with van der Waals surface area (Å²) in [7, 11) is 0. The first-order valence-corrected chi connectivity index (χ1v) is 4.96. The van der Waals surface area contributed by atoms with Crippen LogP contribution in [0.25, 0.3) is 0 Å². The van der Waals surface area contributed by atoms with Crippen molar-refractivity contribution in [2.45, 2.75) is 39.2 Å². The van der Waals surface area contributed by atoms with Crippen molar-refractivity contribution in [3.63, 3.8) is 0 Å². The topological polar surface area (TPSA) is 57.6 Å². The minimum atomic E-state index is -0.999. The van der Waals surface area contributed by atoms with Gasteiger partial charge in [-0.15, -0.1) is 0 Å². The van der Waals surface area contributed by atoms with E-state index in [1.807, 2.05) is 6.92 Å². The number of aliphatic carboxylic acids is 1. The highest BCUT2D eigenvalue weighted by Crippen LogP contribution is 2.37. The van der Waals surface area contributed by atoms with Crippen molar-refractivity contribution < 1.29 is 14.7 Å². The van der Waals surface area contributed by atoms with Crippen LogP contribution >= 0.6 is 0 Å². The van der Waals surface area contributed by atoms with Gasteiger partial charge in [-0.1, -0.05) is 13.3 Å². The smallest absolute Gasteiger partial charge is 0.329 e. The predicted octanol–water partition coefficient (Wildman–Crippen LogP) is 1.11. The quantitative estimate of drug-likeness (QED) is 0.724. The molecule has 1 N–H and O–H groups in total. The van der Waals surface area contributed by atoms with Gasteiger partial charge in [0.1, 0.15) is 5.54 Å². The highest BCUT2D eigenvalue weighted by molar-refractivity contribution is 5.86. The molecule has 1 fully saturated rings. The van der Waals surface area contributed by atoms with Gasteiger partial charge in [-0.05, 0) is 19.3 Å². The third-order valence-corrected chi connectivity index (χ3v) is 3.36. The van der Waals surface area contributed by atoms with Crippen LogP contribution < -0.4 is 0 Å². The van der Waals surface area contributed by atoms with E-state index >= 15 is 0 Å². The molecule has 80 valence electrons. The van der Waals surface area contributed by atoms with Crippen molar-refractivity contribution in [2.24, 2.45) is 5.92 Å². The normalized spacial score (nSPS) is 31.9. The summed E-state index contributed by atoms with van der Waals surface area (Å²) in [6, 6.07) is 0. The maximum atomic E-state index is 11.3. The summed E-state index contributed by atoms with van der Waals surface area (Å²) >= 11 is 0. The van der Waals surface area contributed by atoms with Gasteiger partial charge in [0, 0.05) is 13.5 Å². The van der Waals surface area contributed by atoms with Crippen molar-refractivity contribution in [3.8, 4) is 0 Å². The molecule has 0 bridgehead atoms. The second-order valence-corrected chi connectivity index (χ2v) is 4.02. The lowest BCUT2D eigenvalue weighted by Crippen LogP contribution is -2.53. The molecule has 4 heteroatoms. The standard InChI is InChI=1S/C10H17NO3/c1-4-8-5-6-11(7(2)12)10(8,3)9(13)14/h8H,4-6H2,1-3H3,(H,13,14)/t8-,10-/m1/s1. The molecule has 4 nitrogen and oxygen atoms in total. The van der Waals surface area contributed by atoms with Crippen LogP contribution in [0.2, 0.25) is 0 Å². The van der Waals surface area contributed by atoms with Crippen LogP contribution in [0, 0.1) is 5.92 Å². The SMILES string of the molecule is CC[C@@H]1CCN(C(C)=O)[C@@]1(C)C(=O)O. The van der Waals surface area contributed by atoms with E-state index in [2.05, 4.69) is 0 Å². The van der Waals surface area contributed by atoms with Gasteiger partial charge in [0.25, 0.3) is 0 Å². The number of amides is 1. The summed E-state index contributed by atoms with van der Waals surface area (Å²) in [6.07, 6.45) is 1.59. The molecule has 0 spiro atoms. The fraction of sp³-hybridized carbons (Fsp3) is 0.800. The average Bonchev–Trinajstić information content (AvgIpc) is 2.43. The van der Waals surface area contributed by atoms with Crippen molar-refractivity contribution >= 4 is 11.9 Å². The fourth-order valence-corrected chi connectivity index (χ4v) is 2.39. The molecule has 0 aromatic carbocycles. The Morgan fingerprint density at radius 1 is 1.57 bits per heavy atom. The number of carbonyl (C=O) groups is 2. The Balaban J connectivity index is 3.02. The van der Waals surface area contributed by atoms with Crippen LogP contribution in [-0.4, -0.2) is 34.0 Å². The van der Waals surface area contributed by atoms with E-state index in [-0.39, 0.29) is 11.8 Å². The van der Waals surface area contributed by atoms with Gasteiger partial charge in [0.05, 0.1) is 0 Å². The molecule has 1 amide bonds. The van der Waals surface area contributed by atoms with Crippen LogP contribution in [0.5, 0.6) is 0 Å². The molecule has 1 rings (SSSR count). The molecular weight excluding hydrogens is 182 g/mol. The number of carboxylic acids is 1. The zero-order chi connectivity index (χ0) is 10.9. The van der Waals surface area contributed by atoms with Gasteiger partial charge in [-0.3, -0.25) is 4.79 Å². The van der Waals surface area contributed by atoms with Crippen molar-refractivity contribution in [1.29, 1.82) is 0 Å². The first kappa shape index (κ1) is 11.0.